The maximum Gasteiger partial charge on any atom is 0.228 e. The molecule has 0 bridgehead atoms. The molecular formula is C17H28N4O2. The normalized spacial score (nSPS) is 24.7. The topological polar surface area (TPSA) is 61.5 Å². The van der Waals surface area contributed by atoms with Crippen molar-refractivity contribution in [2.45, 2.75) is 50.7 Å². The van der Waals surface area contributed by atoms with E-state index in [2.05, 4.69) is 22.1 Å². The Morgan fingerprint density at radius 2 is 2.22 bits per heavy atom. The van der Waals surface area contributed by atoms with Crippen LogP contribution in [0.4, 0.5) is 0 Å². The number of hydrogen-bond donors (Lipinski definition) is 1. The SMILES string of the molecule is CO[C@H]1C[C@@H](CN(C)C(=O)Cc2n[nH]c3c2CCCC3)N(C)C1. The lowest BCUT2D eigenvalue weighted by Crippen LogP contribution is -2.40. The second-order valence-electron chi connectivity index (χ2n) is 6.97. The number of ether oxygens (including phenoxy) is 1. The summed E-state index contributed by atoms with van der Waals surface area (Å²) in [6, 6.07) is 0.377. The number of nitrogens with zero attached hydrogens (tertiary/aromatic N) is 3. The number of aromatic nitrogens is 2. The Morgan fingerprint density at radius 3 is 2.96 bits per heavy atom. The van der Waals surface area contributed by atoms with E-state index in [1.165, 1.54) is 24.1 Å². The number of amides is 1. The number of rotatable bonds is 5. The van der Waals surface area contributed by atoms with Crippen molar-refractivity contribution in [1.29, 1.82) is 0 Å². The van der Waals surface area contributed by atoms with Gasteiger partial charge in [-0.3, -0.25) is 14.8 Å². The van der Waals surface area contributed by atoms with Gasteiger partial charge in [-0.05, 0) is 44.7 Å². The van der Waals surface area contributed by atoms with Crippen LogP contribution in [0.15, 0.2) is 0 Å². The molecule has 2 heterocycles. The Balaban J connectivity index is 1.57. The fourth-order valence-corrected chi connectivity index (χ4v) is 3.80. The summed E-state index contributed by atoms with van der Waals surface area (Å²) in [5, 5.41) is 7.51. The molecule has 0 saturated carbocycles. The summed E-state index contributed by atoms with van der Waals surface area (Å²) in [5.41, 5.74) is 3.47. The maximum absolute atomic E-state index is 12.6. The van der Waals surface area contributed by atoms with Gasteiger partial charge < -0.3 is 9.64 Å². The predicted octanol–water partition coefficient (Wildman–Crippen LogP) is 1.01. The number of carbonyl (C=O) groups excluding carboxylic acids is 1. The van der Waals surface area contributed by atoms with Gasteiger partial charge in [-0.15, -0.1) is 0 Å². The molecule has 2 aliphatic rings. The smallest absolute Gasteiger partial charge is 0.228 e. The number of aromatic amines is 1. The van der Waals surface area contributed by atoms with Gasteiger partial charge in [0.1, 0.15) is 0 Å². The molecule has 23 heavy (non-hydrogen) atoms. The third kappa shape index (κ3) is 3.58. The van der Waals surface area contributed by atoms with Crippen LogP contribution in [0.5, 0.6) is 0 Å². The van der Waals surface area contributed by atoms with Crippen molar-refractivity contribution in [3.8, 4) is 0 Å². The van der Waals surface area contributed by atoms with Gasteiger partial charge in [0.25, 0.3) is 0 Å². The van der Waals surface area contributed by atoms with Gasteiger partial charge in [-0.2, -0.15) is 5.10 Å². The molecule has 6 nitrogen and oxygen atoms in total. The fraction of sp³-hybridized carbons (Fsp3) is 0.765. The van der Waals surface area contributed by atoms with Crippen LogP contribution >= 0.6 is 0 Å². The van der Waals surface area contributed by atoms with Gasteiger partial charge in [0.15, 0.2) is 0 Å². The second kappa shape index (κ2) is 7.01. The number of likely N-dealkylation sites (tertiary alicyclic amines) is 1. The van der Waals surface area contributed by atoms with Crippen LogP contribution in [0.3, 0.4) is 0 Å². The number of nitrogens with one attached hydrogen (secondary N) is 1. The van der Waals surface area contributed by atoms with Gasteiger partial charge >= 0.3 is 0 Å². The number of likely N-dealkylation sites (N-methyl/N-ethyl adjacent to an activating group) is 2. The lowest BCUT2D eigenvalue weighted by atomic mass is 9.95. The van der Waals surface area contributed by atoms with Crippen LogP contribution < -0.4 is 0 Å². The molecule has 0 spiro atoms. The first kappa shape index (κ1) is 16.5. The molecule has 1 aliphatic carbocycles. The molecule has 1 N–H and O–H groups in total. The summed E-state index contributed by atoms with van der Waals surface area (Å²) in [6.07, 6.45) is 6.23. The molecule has 0 radical (unpaired) electrons. The van der Waals surface area contributed by atoms with Crippen molar-refractivity contribution in [3.05, 3.63) is 17.0 Å². The molecule has 1 aliphatic heterocycles. The highest BCUT2D eigenvalue weighted by atomic mass is 16.5. The van der Waals surface area contributed by atoms with Crippen molar-refractivity contribution >= 4 is 5.91 Å². The Kier molecular flexibility index (Phi) is 5.02. The quantitative estimate of drug-likeness (QED) is 0.879. The monoisotopic (exact) mass is 320 g/mol. The standard InChI is InChI=1S/C17H28N4O2/c1-20-11-13(23-3)8-12(20)10-21(2)17(22)9-16-14-6-4-5-7-15(14)18-19-16/h12-13H,4-11H2,1-3H3,(H,18,19)/t12-,13-/m0/s1. The summed E-state index contributed by atoms with van der Waals surface area (Å²) in [6.45, 7) is 1.69. The zero-order valence-corrected chi connectivity index (χ0v) is 14.5. The van der Waals surface area contributed by atoms with Crippen LogP contribution in [-0.4, -0.2) is 72.3 Å². The average Bonchev–Trinajstić information content (AvgIpc) is 3.11. The van der Waals surface area contributed by atoms with Crippen molar-refractivity contribution in [1.82, 2.24) is 20.0 Å². The van der Waals surface area contributed by atoms with Gasteiger partial charge in [-0.25, -0.2) is 0 Å². The number of aryl methyl sites for hydroxylation is 1. The van der Waals surface area contributed by atoms with Crippen LogP contribution in [0, 0.1) is 0 Å². The summed E-state index contributed by atoms with van der Waals surface area (Å²) >= 11 is 0. The maximum atomic E-state index is 12.6. The summed E-state index contributed by atoms with van der Waals surface area (Å²) in [7, 11) is 5.76. The highest BCUT2D eigenvalue weighted by Gasteiger charge is 2.31. The molecule has 6 heteroatoms. The van der Waals surface area contributed by atoms with E-state index < -0.39 is 0 Å². The Morgan fingerprint density at radius 1 is 1.43 bits per heavy atom. The van der Waals surface area contributed by atoms with E-state index in [0.29, 0.717) is 12.5 Å². The number of methoxy groups -OCH3 is 1. The molecule has 2 atom stereocenters. The average molecular weight is 320 g/mol. The molecule has 128 valence electrons. The molecule has 1 fully saturated rings. The Labute approximate surface area is 138 Å². The van der Waals surface area contributed by atoms with Gasteiger partial charge in [0.2, 0.25) is 5.91 Å². The van der Waals surface area contributed by atoms with Crippen LogP contribution in [0.1, 0.15) is 36.2 Å². The van der Waals surface area contributed by atoms with Crippen LogP contribution in [-0.2, 0) is 28.8 Å². The molecule has 0 unspecified atom stereocenters. The number of hydrogen-bond acceptors (Lipinski definition) is 4. The third-order valence-corrected chi connectivity index (χ3v) is 5.35. The minimum atomic E-state index is 0.152. The minimum Gasteiger partial charge on any atom is -0.380 e. The van der Waals surface area contributed by atoms with E-state index >= 15 is 0 Å². The first-order valence-electron chi connectivity index (χ1n) is 8.60. The molecule has 3 rings (SSSR count). The van der Waals surface area contributed by atoms with E-state index in [9.17, 15) is 4.79 Å². The molecule has 1 saturated heterocycles. The Bertz CT molecular complexity index is 557. The van der Waals surface area contributed by atoms with Crippen molar-refractivity contribution < 1.29 is 9.53 Å². The third-order valence-electron chi connectivity index (χ3n) is 5.35. The lowest BCUT2D eigenvalue weighted by molar-refractivity contribution is -0.129. The minimum absolute atomic E-state index is 0.152. The molecular weight excluding hydrogens is 292 g/mol. The van der Waals surface area contributed by atoms with Crippen molar-refractivity contribution in [2.24, 2.45) is 0 Å². The van der Waals surface area contributed by atoms with E-state index in [0.717, 1.165) is 38.0 Å². The fourth-order valence-electron chi connectivity index (χ4n) is 3.80. The van der Waals surface area contributed by atoms with Crippen molar-refractivity contribution in [2.75, 3.05) is 34.3 Å². The molecule has 1 aromatic heterocycles. The predicted molar refractivity (Wildman–Crippen MR) is 88.4 cm³/mol. The van der Waals surface area contributed by atoms with Crippen LogP contribution in [0.2, 0.25) is 0 Å². The highest BCUT2D eigenvalue weighted by Crippen LogP contribution is 2.23. The van der Waals surface area contributed by atoms with Crippen LogP contribution in [0.25, 0.3) is 0 Å². The molecule has 1 amide bonds. The van der Waals surface area contributed by atoms with E-state index in [1.807, 2.05) is 11.9 Å². The van der Waals surface area contributed by atoms with Gasteiger partial charge in [0, 0.05) is 39.0 Å². The first-order chi connectivity index (χ1) is 11.1. The molecule has 0 aromatic carbocycles. The van der Waals surface area contributed by atoms with Gasteiger partial charge in [0.05, 0.1) is 18.2 Å². The second-order valence-corrected chi connectivity index (χ2v) is 6.97. The number of carbonyl (C=O) groups is 1. The first-order valence-corrected chi connectivity index (χ1v) is 8.60. The van der Waals surface area contributed by atoms with E-state index in [4.69, 9.17) is 4.74 Å². The lowest BCUT2D eigenvalue weighted by Gasteiger charge is -2.25. The zero-order chi connectivity index (χ0) is 16.4. The summed E-state index contributed by atoms with van der Waals surface area (Å²) in [5.74, 6) is 0.152. The summed E-state index contributed by atoms with van der Waals surface area (Å²) < 4.78 is 5.44. The highest BCUT2D eigenvalue weighted by molar-refractivity contribution is 5.78. The number of fused-ring (bicyclic) bond motifs is 1. The van der Waals surface area contributed by atoms with E-state index in [1.54, 1.807) is 7.11 Å². The zero-order valence-electron chi connectivity index (χ0n) is 14.5. The Hall–Kier alpha value is -1.40. The van der Waals surface area contributed by atoms with Gasteiger partial charge in [-0.1, -0.05) is 0 Å². The number of H-pyrrole nitrogens is 1. The molecule has 1 aromatic rings. The van der Waals surface area contributed by atoms with E-state index in [-0.39, 0.29) is 12.0 Å². The van der Waals surface area contributed by atoms with Crippen molar-refractivity contribution in [3.63, 3.8) is 0 Å². The largest absolute Gasteiger partial charge is 0.380 e. The summed E-state index contributed by atoms with van der Waals surface area (Å²) in [4.78, 5) is 16.7.